The average Bonchev–Trinajstić information content (AvgIpc) is 2.75. The molecule has 0 unspecified atom stereocenters. The van der Waals surface area contributed by atoms with Gasteiger partial charge in [-0.2, -0.15) is 5.10 Å². The van der Waals surface area contributed by atoms with Crippen molar-refractivity contribution in [3.05, 3.63) is 17.5 Å². The zero-order valence-corrected chi connectivity index (χ0v) is 9.35. The number of nitrogens with two attached hydrogens (primary N) is 2. The topological polar surface area (TPSA) is 116 Å². The number of carbonyl (C=O) groups excluding carboxylic acids is 2. The van der Waals surface area contributed by atoms with E-state index in [0.717, 1.165) is 25.9 Å². The van der Waals surface area contributed by atoms with Crippen LogP contribution in [0.1, 0.15) is 39.7 Å². The third-order valence-electron chi connectivity index (χ3n) is 2.91. The van der Waals surface area contributed by atoms with Gasteiger partial charge in [0.25, 0.3) is 11.8 Å². The molecule has 0 aliphatic carbocycles. The Hall–Kier alpha value is -1.89. The molecule has 0 bridgehead atoms. The van der Waals surface area contributed by atoms with E-state index in [1.165, 1.54) is 6.20 Å². The lowest BCUT2D eigenvalue weighted by molar-refractivity contribution is 0.0964. The molecule has 2 amide bonds. The first-order chi connectivity index (χ1) is 8.09. The molecule has 0 aromatic carbocycles. The van der Waals surface area contributed by atoms with E-state index in [-0.39, 0.29) is 17.3 Å². The van der Waals surface area contributed by atoms with E-state index >= 15 is 0 Å². The highest BCUT2D eigenvalue weighted by Crippen LogP contribution is 2.19. The van der Waals surface area contributed by atoms with Gasteiger partial charge in [0.2, 0.25) is 0 Å². The third-order valence-corrected chi connectivity index (χ3v) is 2.91. The summed E-state index contributed by atoms with van der Waals surface area (Å²) in [5.74, 6) is -1.41. The zero-order valence-electron chi connectivity index (χ0n) is 9.35. The number of amides is 2. The van der Waals surface area contributed by atoms with Gasteiger partial charge in [0.15, 0.2) is 5.69 Å². The molecule has 1 aromatic heterocycles. The van der Waals surface area contributed by atoms with Gasteiger partial charge in [-0.25, -0.2) is 0 Å². The summed E-state index contributed by atoms with van der Waals surface area (Å²) in [6, 6.07) is 0.183. The van der Waals surface area contributed by atoms with Crippen LogP contribution in [0.4, 0.5) is 0 Å². The second-order valence-electron chi connectivity index (χ2n) is 4.08. The number of nitrogens with zero attached hydrogens (tertiary/aromatic N) is 2. The first kappa shape index (κ1) is 11.6. The van der Waals surface area contributed by atoms with Crippen molar-refractivity contribution in [2.45, 2.75) is 18.9 Å². The number of hydrogen-bond donors (Lipinski definition) is 3. The van der Waals surface area contributed by atoms with Crippen LogP contribution in [-0.4, -0.2) is 34.7 Å². The van der Waals surface area contributed by atoms with Gasteiger partial charge in [-0.15, -0.1) is 0 Å². The molecule has 0 atom stereocenters. The van der Waals surface area contributed by atoms with Crippen LogP contribution in [0.3, 0.4) is 0 Å². The predicted octanol–water partition coefficient (Wildman–Crippen LogP) is -0.995. The predicted molar refractivity (Wildman–Crippen MR) is 60.4 cm³/mol. The van der Waals surface area contributed by atoms with Crippen molar-refractivity contribution in [3.63, 3.8) is 0 Å². The Balaban J connectivity index is 2.32. The van der Waals surface area contributed by atoms with Gasteiger partial charge in [-0.05, 0) is 25.9 Å². The van der Waals surface area contributed by atoms with Crippen molar-refractivity contribution in [2.75, 3.05) is 13.1 Å². The lowest BCUT2D eigenvalue weighted by atomic mass is 10.1. The highest BCUT2D eigenvalue weighted by Gasteiger charge is 2.22. The second-order valence-corrected chi connectivity index (χ2v) is 4.08. The number of nitrogens with one attached hydrogen (secondary N) is 1. The van der Waals surface area contributed by atoms with Gasteiger partial charge in [0, 0.05) is 6.20 Å². The molecule has 2 rings (SSSR count). The van der Waals surface area contributed by atoms with Gasteiger partial charge in [-0.3, -0.25) is 14.3 Å². The Kier molecular flexibility index (Phi) is 3.10. The highest BCUT2D eigenvalue weighted by atomic mass is 16.2. The SMILES string of the molecule is NC(=O)c1cn(C2CCNCC2)nc1C(N)=O. The van der Waals surface area contributed by atoms with Crippen LogP contribution >= 0.6 is 0 Å². The molecule has 7 nitrogen and oxygen atoms in total. The molecule has 5 N–H and O–H groups in total. The Morgan fingerprint density at radius 3 is 2.41 bits per heavy atom. The van der Waals surface area contributed by atoms with Crippen LogP contribution in [0.5, 0.6) is 0 Å². The van der Waals surface area contributed by atoms with E-state index in [2.05, 4.69) is 10.4 Å². The molecule has 0 radical (unpaired) electrons. The van der Waals surface area contributed by atoms with Gasteiger partial charge >= 0.3 is 0 Å². The van der Waals surface area contributed by atoms with Crippen molar-refractivity contribution in [3.8, 4) is 0 Å². The Morgan fingerprint density at radius 2 is 1.94 bits per heavy atom. The molecule has 7 heteroatoms. The maximum Gasteiger partial charge on any atom is 0.270 e. The summed E-state index contributed by atoms with van der Waals surface area (Å²) in [7, 11) is 0. The molecular weight excluding hydrogens is 222 g/mol. The van der Waals surface area contributed by atoms with E-state index in [4.69, 9.17) is 11.5 Å². The van der Waals surface area contributed by atoms with E-state index < -0.39 is 11.8 Å². The van der Waals surface area contributed by atoms with Crippen molar-refractivity contribution < 1.29 is 9.59 Å². The molecule has 1 aromatic rings. The Bertz CT molecular complexity index is 416. The Morgan fingerprint density at radius 1 is 1.29 bits per heavy atom. The lowest BCUT2D eigenvalue weighted by Crippen LogP contribution is -2.29. The summed E-state index contributed by atoms with van der Waals surface area (Å²) in [6.07, 6.45) is 3.31. The van der Waals surface area contributed by atoms with Crippen molar-refractivity contribution in [2.24, 2.45) is 11.5 Å². The van der Waals surface area contributed by atoms with Crippen LogP contribution in [0, 0.1) is 0 Å². The number of carbonyl (C=O) groups is 2. The summed E-state index contributed by atoms with van der Waals surface area (Å²) >= 11 is 0. The summed E-state index contributed by atoms with van der Waals surface area (Å²) in [4.78, 5) is 22.3. The fourth-order valence-corrected chi connectivity index (χ4v) is 2.01. The lowest BCUT2D eigenvalue weighted by Gasteiger charge is -2.22. The van der Waals surface area contributed by atoms with Crippen LogP contribution in [0.2, 0.25) is 0 Å². The molecular formula is C10H15N5O2. The smallest absolute Gasteiger partial charge is 0.270 e. The van der Waals surface area contributed by atoms with E-state index in [9.17, 15) is 9.59 Å². The molecule has 92 valence electrons. The molecule has 0 saturated carbocycles. The van der Waals surface area contributed by atoms with E-state index in [0.29, 0.717) is 0 Å². The fraction of sp³-hybridized carbons (Fsp3) is 0.500. The van der Waals surface area contributed by atoms with Crippen LogP contribution in [0.25, 0.3) is 0 Å². The van der Waals surface area contributed by atoms with Crippen LogP contribution in [0.15, 0.2) is 6.20 Å². The molecule has 1 fully saturated rings. The first-order valence-corrected chi connectivity index (χ1v) is 5.49. The molecule has 2 heterocycles. The Labute approximate surface area is 98.1 Å². The standard InChI is InChI=1S/C10H15N5O2/c11-9(16)7-5-15(14-8(7)10(12)17)6-1-3-13-4-2-6/h5-6,13H,1-4H2,(H2,11,16)(H2,12,17). The van der Waals surface area contributed by atoms with Gasteiger partial charge in [0.1, 0.15) is 0 Å². The number of primary amides is 2. The molecule has 1 saturated heterocycles. The van der Waals surface area contributed by atoms with Gasteiger partial charge < -0.3 is 16.8 Å². The molecule has 1 aliphatic heterocycles. The first-order valence-electron chi connectivity index (χ1n) is 5.49. The number of rotatable bonds is 3. The number of hydrogen-bond acceptors (Lipinski definition) is 4. The molecule has 0 spiro atoms. The van der Waals surface area contributed by atoms with Gasteiger partial charge in [-0.1, -0.05) is 0 Å². The summed E-state index contributed by atoms with van der Waals surface area (Å²) in [5.41, 5.74) is 10.4. The van der Waals surface area contributed by atoms with E-state index in [1.807, 2.05) is 0 Å². The molecule has 1 aliphatic rings. The van der Waals surface area contributed by atoms with Crippen molar-refractivity contribution >= 4 is 11.8 Å². The minimum absolute atomic E-state index is 0.0453. The quantitative estimate of drug-likeness (QED) is 0.625. The summed E-state index contributed by atoms with van der Waals surface area (Å²) in [5, 5.41) is 7.30. The molecule has 17 heavy (non-hydrogen) atoms. The maximum atomic E-state index is 11.2. The van der Waals surface area contributed by atoms with Crippen LogP contribution in [-0.2, 0) is 0 Å². The third kappa shape index (κ3) is 2.28. The fourth-order valence-electron chi connectivity index (χ4n) is 2.01. The van der Waals surface area contributed by atoms with Gasteiger partial charge in [0.05, 0.1) is 11.6 Å². The summed E-state index contributed by atoms with van der Waals surface area (Å²) < 4.78 is 1.63. The minimum Gasteiger partial charge on any atom is -0.365 e. The van der Waals surface area contributed by atoms with Crippen molar-refractivity contribution in [1.82, 2.24) is 15.1 Å². The largest absolute Gasteiger partial charge is 0.365 e. The zero-order chi connectivity index (χ0) is 12.4. The normalized spacial score (nSPS) is 16.9. The summed E-state index contributed by atoms with van der Waals surface area (Å²) in [6.45, 7) is 1.78. The van der Waals surface area contributed by atoms with Crippen LogP contribution < -0.4 is 16.8 Å². The maximum absolute atomic E-state index is 11.2. The monoisotopic (exact) mass is 237 g/mol. The van der Waals surface area contributed by atoms with Crippen molar-refractivity contribution in [1.29, 1.82) is 0 Å². The average molecular weight is 237 g/mol. The van der Waals surface area contributed by atoms with E-state index in [1.54, 1.807) is 4.68 Å². The highest BCUT2D eigenvalue weighted by molar-refractivity contribution is 6.04. The number of aromatic nitrogens is 2. The minimum atomic E-state index is -0.730. The second kappa shape index (κ2) is 4.54. The number of piperidine rings is 1.